The van der Waals surface area contributed by atoms with Gasteiger partial charge in [-0.25, -0.2) is 4.98 Å². The highest BCUT2D eigenvalue weighted by Crippen LogP contribution is 2.41. The summed E-state index contributed by atoms with van der Waals surface area (Å²) in [6.07, 6.45) is 9.25. The SMILES string of the molecule is CN1CCN(C2=c3ncccc3=CNc3sc(C4CCCC4)nc32)CC1. The molecule has 6 heteroatoms. The lowest BCUT2D eigenvalue weighted by Gasteiger charge is -2.35. The van der Waals surface area contributed by atoms with Gasteiger partial charge in [-0.05, 0) is 32.0 Å². The maximum absolute atomic E-state index is 5.17. The monoisotopic (exact) mass is 367 g/mol. The summed E-state index contributed by atoms with van der Waals surface area (Å²) in [5.41, 5.74) is 2.32. The van der Waals surface area contributed by atoms with Crippen LogP contribution in [0.2, 0.25) is 0 Å². The van der Waals surface area contributed by atoms with Crippen LogP contribution in [0.1, 0.15) is 42.3 Å². The Morgan fingerprint density at radius 1 is 1.15 bits per heavy atom. The summed E-state index contributed by atoms with van der Waals surface area (Å²) in [6, 6.07) is 4.15. The van der Waals surface area contributed by atoms with Crippen LogP contribution >= 0.6 is 11.3 Å². The Labute approximate surface area is 158 Å². The van der Waals surface area contributed by atoms with Crippen molar-refractivity contribution in [1.82, 2.24) is 19.8 Å². The highest BCUT2D eigenvalue weighted by molar-refractivity contribution is 7.16. The van der Waals surface area contributed by atoms with Crippen LogP contribution < -0.4 is 15.9 Å². The number of pyridine rings is 1. The first-order chi connectivity index (χ1) is 12.8. The van der Waals surface area contributed by atoms with E-state index in [1.807, 2.05) is 23.6 Å². The van der Waals surface area contributed by atoms with Crippen LogP contribution in [0.5, 0.6) is 0 Å². The summed E-state index contributed by atoms with van der Waals surface area (Å²) >= 11 is 1.85. The fraction of sp³-hybridized carbons (Fsp3) is 0.500. The number of aromatic nitrogens is 2. The van der Waals surface area contributed by atoms with E-state index in [1.165, 1.54) is 41.4 Å². The first kappa shape index (κ1) is 16.3. The lowest BCUT2D eigenvalue weighted by atomic mass is 10.1. The van der Waals surface area contributed by atoms with Crippen LogP contribution in [-0.4, -0.2) is 53.0 Å². The molecule has 1 saturated heterocycles. The molecule has 5 rings (SSSR count). The molecule has 2 fully saturated rings. The molecule has 26 heavy (non-hydrogen) atoms. The number of thiazole rings is 1. The van der Waals surface area contributed by atoms with Gasteiger partial charge in [0, 0.05) is 49.7 Å². The lowest BCUT2D eigenvalue weighted by Crippen LogP contribution is -2.46. The topological polar surface area (TPSA) is 44.3 Å². The second-order valence-electron chi connectivity index (χ2n) is 7.58. The van der Waals surface area contributed by atoms with Crippen molar-refractivity contribution in [3.05, 3.63) is 39.6 Å². The zero-order valence-corrected chi connectivity index (χ0v) is 16.1. The maximum Gasteiger partial charge on any atom is 0.124 e. The smallest absolute Gasteiger partial charge is 0.124 e. The second-order valence-corrected chi connectivity index (χ2v) is 8.61. The van der Waals surface area contributed by atoms with Crippen molar-refractivity contribution in [3.8, 4) is 0 Å². The highest BCUT2D eigenvalue weighted by Gasteiger charge is 2.28. The summed E-state index contributed by atoms with van der Waals surface area (Å²) in [5.74, 6) is 0.644. The van der Waals surface area contributed by atoms with E-state index >= 15 is 0 Å². The fourth-order valence-electron chi connectivity index (χ4n) is 4.26. The van der Waals surface area contributed by atoms with Crippen LogP contribution in [0.15, 0.2) is 18.3 Å². The van der Waals surface area contributed by atoms with E-state index in [1.54, 1.807) is 0 Å². The summed E-state index contributed by atoms with van der Waals surface area (Å²) in [6.45, 7) is 4.21. The van der Waals surface area contributed by atoms with Crippen molar-refractivity contribution >= 4 is 28.2 Å². The predicted molar refractivity (Wildman–Crippen MR) is 106 cm³/mol. The molecular formula is C20H25N5S. The number of piperazine rings is 1. The van der Waals surface area contributed by atoms with E-state index in [4.69, 9.17) is 9.97 Å². The van der Waals surface area contributed by atoms with Gasteiger partial charge in [0.25, 0.3) is 0 Å². The molecule has 0 spiro atoms. The standard InChI is InChI=1S/C20H25N5S/c1-24-9-11-25(12-10-24)18-16-15(7-4-8-21-16)13-22-20-17(18)23-19(26-20)14-5-2-3-6-14/h4,7-8,13-14,22H,2-3,5-6,9-12H2,1H3. The number of nitrogens with zero attached hydrogens (tertiary/aromatic N) is 4. The zero-order chi connectivity index (χ0) is 17.5. The Balaban J connectivity index is 1.66. The fourth-order valence-corrected chi connectivity index (χ4v) is 5.36. The molecule has 2 aromatic heterocycles. The summed E-state index contributed by atoms with van der Waals surface area (Å²) < 4.78 is 0. The summed E-state index contributed by atoms with van der Waals surface area (Å²) in [5, 5.41) is 8.23. The molecule has 1 N–H and O–H groups in total. The molecule has 0 amide bonds. The van der Waals surface area contributed by atoms with E-state index in [0.717, 1.165) is 42.4 Å². The molecule has 5 nitrogen and oxygen atoms in total. The third kappa shape index (κ3) is 2.81. The minimum atomic E-state index is 0.644. The van der Waals surface area contributed by atoms with E-state index in [9.17, 15) is 0 Å². The molecule has 0 bridgehead atoms. The molecule has 1 saturated carbocycles. The molecule has 0 radical (unpaired) electrons. The molecule has 0 aromatic carbocycles. The average molecular weight is 368 g/mol. The third-order valence-corrected chi connectivity index (χ3v) is 6.96. The minimum absolute atomic E-state index is 0.644. The molecule has 2 aromatic rings. The first-order valence-corrected chi connectivity index (χ1v) is 10.5. The highest BCUT2D eigenvalue weighted by atomic mass is 32.1. The molecular weight excluding hydrogens is 342 g/mol. The van der Waals surface area contributed by atoms with Gasteiger partial charge >= 0.3 is 0 Å². The number of anilines is 1. The molecule has 0 unspecified atom stereocenters. The van der Waals surface area contributed by atoms with Crippen LogP contribution in [-0.2, 0) is 0 Å². The Bertz CT molecular complexity index is 920. The van der Waals surface area contributed by atoms with E-state index in [2.05, 4.69) is 34.4 Å². The number of hydrogen-bond acceptors (Lipinski definition) is 6. The Morgan fingerprint density at radius 3 is 2.77 bits per heavy atom. The molecule has 4 heterocycles. The van der Waals surface area contributed by atoms with E-state index < -0.39 is 0 Å². The molecule has 0 atom stereocenters. The molecule has 136 valence electrons. The van der Waals surface area contributed by atoms with Gasteiger partial charge in [0.2, 0.25) is 0 Å². The Kier molecular flexibility index (Phi) is 4.17. The van der Waals surface area contributed by atoms with Gasteiger partial charge in [0.1, 0.15) is 10.7 Å². The third-order valence-electron chi connectivity index (χ3n) is 5.81. The number of likely N-dealkylation sites (N-methyl/N-ethyl adjacent to an activating group) is 1. The van der Waals surface area contributed by atoms with Gasteiger partial charge in [0.05, 0.1) is 16.1 Å². The van der Waals surface area contributed by atoms with Crippen molar-refractivity contribution in [1.29, 1.82) is 0 Å². The van der Waals surface area contributed by atoms with Gasteiger partial charge in [-0.15, -0.1) is 11.3 Å². The zero-order valence-electron chi connectivity index (χ0n) is 15.2. The van der Waals surface area contributed by atoms with Crippen LogP contribution in [0.3, 0.4) is 0 Å². The van der Waals surface area contributed by atoms with Crippen LogP contribution in [0.4, 0.5) is 5.00 Å². The van der Waals surface area contributed by atoms with Gasteiger partial charge in [-0.1, -0.05) is 12.8 Å². The van der Waals surface area contributed by atoms with E-state index in [-0.39, 0.29) is 0 Å². The summed E-state index contributed by atoms with van der Waals surface area (Å²) in [4.78, 5) is 14.8. The number of hydrogen-bond donors (Lipinski definition) is 1. The number of rotatable bonds is 2. The maximum atomic E-state index is 5.17. The largest absolute Gasteiger partial charge is 0.365 e. The average Bonchev–Trinajstić information content (AvgIpc) is 3.30. The van der Waals surface area contributed by atoms with Crippen molar-refractivity contribution < 1.29 is 0 Å². The molecule has 3 aliphatic rings. The van der Waals surface area contributed by atoms with Crippen molar-refractivity contribution in [3.63, 3.8) is 0 Å². The normalized spacial score (nSPS) is 21.0. The van der Waals surface area contributed by atoms with Crippen molar-refractivity contribution in [2.45, 2.75) is 31.6 Å². The van der Waals surface area contributed by atoms with Crippen molar-refractivity contribution in [2.75, 3.05) is 38.5 Å². The predicted octanol–water partition coefficient (Wildman–Crippen LogP) is 1.76. The van der Waals surface area contributed by atoms with Gasteiger partial charge in [-0.3, -0.25) is 4.98 Å². The molecule has 2 aliphatic heterocycles. The number of nitrogens with one attached hydrogen (secondary N) is 1. The number of fused-ring (bicyclic) bond motifs is 2. The Morgan fingerprint density at radius 2 is 1.96 bits per heavy atom. The first-order valence-electron chi connectivity index (χ1n) is 9.66. The summed E-state index contributed by atoms with van der Waals surface area (Å²) in [7, 11) is 2.20. The van der Waals surface area contributed by atoms with Crippen LogP contribution in [0, 0.1) is 0 Å². The quantitative estimate of drug-likeness (QED) is 0.876. The van der Waals surface area contributed by atoms with Gasteiger partial charge in [0.15, 0.2) is 0 Å². The Hall–Kier alpha value is -1.92. The van der Waals surface area contributed by atoms with E-state index in [0.29, 0.717) is 5.92 Å². The van der Waals surface area contributed by atoms with Crippen LogP contribution in [0.25, 0.3) is 11.9 Å². The van der Waals surface area contributed by atoms with Gasteiger partial charge in [-0.2, -0.15) is 0 Å². The second kappa shape index (κ2) is 6.67. The minimum Gasteiger partial charge on any atom is -0.365 e. The van der Waals surface area contributed by atoms with Gasteiger partial charge < -0.3 is 15.1 Å². The molecule has 1 aliphatic carbocycles. The lowest BCUT2D eigenvalue weighted by molar-refractivity contribution is 0.206. The van der Waals surface area contributed by atoms with Crippen molar-refractivity contribution in [2.24, 2.45) is 0 Å².